The fraction of sp³-hybridized carbons (Fsp3) is 0.364. The van der Waals surface area contributed by atoms with Crippen LogP contribution < -0.4 is 21.4 Å². The molecule has 13 heteroatoms. The molecule has 0 spiro atoms. The minimum Gasteiger partial charge on any atom is -0.507 e. The predicted octanol–water partition coefficient (Wildman–Crippen LogP) is 9.86. The Balaban J connectivity index is 0.000000683. The average molecular weight is 809 g/mol. The number of amides is 3. The van der Waals surface area contributed by atoms with Crippen LogP contribution >= 0.6 is 11.6 Å². The van der Waals surface area contributed by atoms with Crippen molar-refractivity contribution in [2.75, 3.05) is 18.9 Å². The summed E-state index contributed by atoms with van der Waals surface area (Å²) in [4.78, 5) is 40.2. The predicted molar refractivity (Wildman–Crippen MR) is 230 cm³/mol. The summed E-state index contributed by atoms with van der Waals surface area (Å²) in [5.41, 5.74) is 7.21. The summed E-state index contributed by atoms with van der Waals surface area (Å²) in [5.74, 6) is -2.41. The molecule has 3 amide bonds. The van der Waals surface area contributed by atoms with Crippen LogP contribution in [0.15, 0.2) is 107 Å². The molecule has 310 valence electrons. The Morgan fingerprint density at radius 1 is 1.02 bits per heavy atom. The molecule has 1 unspecified atom stereocenters. The third-order valence-electron chi connectivity index (χ3n) is 7.93. The van der Waals surface area contributed by atoms with Gasteiger partial charge in [-0.05, 0) is 85.2 Å². The van der Waals surface area contributed by atoms with Crippen LogP contribution in [0.5, 0.6) is 0 Å². The molecule has 2 aromatic rings. The lowest BCUT2D eigenvalue weighted by Crippen LogP contribution is -2.42. The van der Waals surface area contributed by atoms with E-state index in [1.54, 1.807) is 25.3 Å². The molecule has 10 nitrogen and oxygen atoms in total. The molecule has 5 N–H and O–H groups in total. The lowest BCUT2D eigenvalue weighted by molar-refractivity contribution is -0.120. The maximum atomic E-state index is 13.6. The van der Waals surface area contributed by atoms with Gasteiger partial charge >= 0.3 is 0 Å². The lowest BCUT2D eigenvalue weighted by Gasteiger charge is -2.27. The monoisotopic (exact) mass is 808 g/mol. The van der Waals surface area contributed by atoms with E-state index in [1.165, 1.54) is 24.1 Å². The number of halogens is 3. The highest BCUT2D eigenvalue weighted by Crippen LogP contribution is 2.38. The Morgan fingerprint density at radius 2 is 1.68 bits per heavy atom. The van der Waals surface area contributed by atoms with Crippen molar-refractivity contribution in [2.24, 2.45) is 4.99 Å². The molecule has 6 rings (SSSR count). The number of rotatable bonds is 8. The molecule has 2 aliphatic carbocycles. The summed E-state index contributed by atoms with van der Waals surface area (Å²) < 4.78 is 26.8. The van der Waals surface area contributed by atoms with Gasteiger partial charge in [-0.2, -0.15) is 0 Å². The second-order valence-electron chi connectivity index (χ2n) is 11.7. The van der Waals surface area contributed by atoms with Crippen LogP contribution in [0.3, 0.4) is 0 Å². The maximum absolute atomic E-state index is 13.6. The van der Waals surface area contributed by atoms with E-state index < -0.39 is 23.4 Å². The van der Waals surface area contributed by atoms with Gasteiger partial charge in [0.2, 0.25) is 5.91 Å². The molecule has 1 fully saturated rings. The smallest absolute Gasteiger partial charge is 0.274 e. The van der Waals surface area contributed by atoms with Crippen molar-refractivity contribution in [3.8, 4) is 0 Å². The normalized spacial score (nSPS) is 15.5. The summed E-state index contributed by atoms with van der Waals surface area (Å²) >= 11 is 5.66. The second kappa shape index (κ2) is 26.5. The molecular formula is C44H59ClF2N6O4. The van der Waals surface area contributed by atoms with E-state index in [4.69, 9.17) is 11.6 Å². The Bertz CT molecular complexity index is 1880. The Kier molecular flexibility index (Phi) is 23.1. The first-order chi connectivity index (χ1) is 27.4. The number of nitrogens with zero attached hydrogens (tertiary/aromatic N) is 2. The number of hydrogen-bond acceptors (Lipinski definition) is 7. The standard InChI is InChI=1S/C27H23F2N5O3.C8H11Cl.C3H7NO.3C2H6/c28-19-7-5-17(12-20(19)29)31-26(36)22-13-23(34-24(32-22)9-10-30-34)27(37)33-21-8-4-15-11-16(3-6-18(15)21)25(35)14-1-2-14;1-3-5-7-8(9)6-4-2;1-3(5)4-2;3*1-2/h3,5-7,9,11-13,21,30,35H,1-2,4,8,10H2,(H,31,36)(H,33,37);4-7H,2-3H2,1H3;1-2H3,(H,4,5);3*1-2H3/b;7-5-,8-6+;;;;. The number of nitrogens with one attached hydrogen (secondary N) is 4. The zero-order chi connectivity index (χ0) is 43.1. The van der Waals surface area contributed by atoms with Gasteiger partial charge in [-0.25, -0.2) is 19.2 Å². The molecule has 0 bridgehead atoms. The third kappa shape index (κ3) is 15.6. The Labute approximate surface area is 342 Å². The van der Waals surface area contributed by atoms with Gasteiger partial charge in [0.25, 0.3) is 11.8 Å². The number of hydrazine groups is 1. The number of allylic oxidation sites excluding steroid dienone is 6. The number of aliphatic hydroxyl groups excluding tert-OH is 1. The average Bonchev–Trinajstić information content (AvgIpc) is 3.85. The number of hydrogen-bond donors (Lipinski definition) is 5. The van der Waals surface area contributed by atoms with Crippen LogP contribution in [0.1, 0.15) is 104 Å². The first kappa shape index (κ1) is 49.7. The number of anilines is 1. The van der Waals surface area contributed by atoms with E-state index in [2.05, 4.69) is 39.9 Å². The van der Waals surface area contributed by atoms with Gasteiger partial charge < -0.3 is 21.1 Å². The molecule has 57 heavy (non-hydrogen) atoms. The van der Waals surface area contributed by atoms with Crippen LogP contribution in [0.4, 0.5) is 14.5 Å². The molecule has 2 aromatic carbocycles. The second-order valence-corrected chi connectivity index (χ2v) is 12.1. The molecule has 2 aliphatic heterocycles. The van der Waals surface area contributed by atoms with E-state index in [1.807, 2.05) is 71.9 Å². The fourth-order valence-electron chi connectivity index (χ4n) is 5.16. The van der Waals surface area contributed by atoms with Crippen molar-refractivity contribution in [1.29, 1.82) is 0 Å². The molecular weight excluding hydrogens is 750 g/mol. The number of aliphatic imine (C=N–C) groups is 1. The summed E-state index contributed by atoms with van der Waals surface area (Å²) in [5, 5.41) is 20.5. The van der Waals surface area contributed by atoms with Crippen molar-refractivity contribution in [1.82, 2.24) is 21.1 Å². The number of fused-ring (bicyclic) bond motifs is 2. The highest BCUT2D eigenvalue weighted by Gasteiger charge is 2.33. The van der Waals surface area contributed by atoms with E-state index in [0.717, 1.165) is 65.1 Å². The van der Waals surface area contributed by atoms with Gasteiger partial charge in [-0.15, -0.1) is 0 Å². The molecule has 1 saturated carbocycles. The van der Waals surface area contributed by atoms with Crippen molar-refractivity contribution in [3.05, 3.63) is 130 Å². The zero-order valence-electron chi connectivity index (χ0n) is 34.7. The van der Waals surface area contributed by atoms with Crippen LogP contribution in [0.2, 0.25) is 0 Å². The zero-order valence-corrected chi connectivity index (χ0v) is 35.4. The minimum atomic E-state index is -1.09. The van der Waals surface area contributed by atoms with Crippen molar-refractivity contribution in [2.45, 2.75) is 93.5 Å². The van der Waals surface area contributed by atoms with E-state index in [0.29, 0.717) is 24.5 Å². The van der Waals surface area contributed by atoms with Crippen LogP contribution in [0, 0.1) is 11.6 Å². The SMILES string of the molecule is C=C/C=C(Cl)\C=C/CC.CC.CC.CC.CNC(C)=O.O=C(NC1CCc2cc(C(O)=C3CC3)ccc21)C1=CC(C(=O)Nc2ccc(F)c(F)c2)=NC2=CCNN21. The van der Waals surface area contributed by atoms with Crippen molar-refractivity contribution >= 4 is 46.5 Å². The van der Waals surface area contributed by atoms with Gasteiger partial charge in [0.05, 0.1) is 6.04 Å². The van der Waals surface area contributed by atoms with Crippen molar-refractivity contribution < 1.29 is 28.3 Å². The summed E-state index contributed by atoms with van der Waals surface area (Å²) in [6.45, 7) is 19.5. The lowest BCUT2D eigenvalue weighted by atomic mass is 10.0. The first-order valence-electron chi connectivity index (χ1n) is 19.4. The molecule has 0 aromatic heterocycles. The maximum Gasteiger partial charge on any atom is 0.274 e. The summed E-state index contributed by atoms with van der Waals surface area (Å²) in [6, 6.07) is 8.61. The first-order valence-corrected chi connectivity index (χ1v) is 19.8. The summed E-state index contributed by atoms with van der Waals surface area (Å²) in [7, 11) is 1.60. The molecule has 2 heterocycles. The fourth-order valence-corrected chi connectivity index (χ4v) is 5.33. The molecule has 0 radical (unpaired) electrons. The van der Waals surface area contributed by atoms with Crippen LogP contribution in [-0.2, 0) is 20.8 Å². The van der Waals surface area contributed by atoms with Crippen LogP contribution in [0.25, 0.3) is 5.76 Å². The molecule has 0 saturated heterocycles. The highest BCUT2D eigenvalue weighted by atomic mass is 35.5. The number of carbonyl (C=O) groups excluding carboxylic acids is 3. The number of benzene rings is 2. The number of aliphatic hydroxyl groups is 1. The van der Waals surface area contributed by atoms with E-state index in [9.17, 15) is 28.3 Å². The van der Waals surface area contributed by atoms with E-state index >= 15 is 0 Å². The van der Waals surface area contributed by atoms with Gasteiger partial charge in [-0.3, -0.25) is 19.4 Å². The Hall–Kier alpha value is -5.33. The van der Waals surface area contributed by atoms with Crippen molar-refractivity contribution in [3.63, 3.8) is 0 Å². The largest absolute Gasteiger partial charge is 0.507 e. The third-order valence-corrected chi connectivity index (χ3v) is 8.18. The minimum absolute atomic E-state index is 0.00463. The van der Waals surface area contributed by atoms with Crippen LogP contribution in [-0.4, -0.2) is 47.1 Å². The van der Waals surface area contributed by atoms with Gasteiger partial charge in [-0.1, -0.05) is 90.9 Å². The van der Waals surface area contributed by atoms with Gasteiger partial charge in [0, 0.05) is 48.9 Å². The van der Waals surface area contributed by atoms with Gasteiger partial charge in [0.15, 0.2) is 11.6 Å². The molecule has 1 atom stereocenters. The molecule has 4 aliphatic rings. The number of aryl methyl sites for hydroxylation is 1. The topological polar surface area (TPSA) is 135 Å². The number of carbonyl (C=O) groups is 3. The highest BCUT2D eigenvalue weighted by molar-refractivity contribution is 6.48. The Morgan fingerprint density at radius 3 is 2.26 bits per heavy atom. The van der Waals surface area contributed by atoms with Gasteiger partial charge in [0.1, 0.15) is 23.0 Å². The quantitative estimate of drug-likeness (QED) is 0.133. The summed E-state index contributed by atoms with van der Waals surface area (Å²) in [6.07, 6.45) is 14.7. The van der Waals surface area contributed by atoms with E-state index in [-0.39, 0.29) is 29.0 Å².